The number of para-hydroxylation sites is 4. The van der Waals surface area contributed by atoms with E-state index in [0.717, 1.165) is 56.8 Å². The van der Waals surface area contributed by atoms with Crippen LogP contribution in [0, 0.1) is 27.7 Å². The molecule has 4 heterocycles. The van der Waals surface area contributed by atoms with Gasteiger partial charge in [-0.25, -0.2) is 0 Å². The van der Waals surface area contributed by atoms with E-state index in [4.69, 9.17) is 0 Å². The molecule has 4 aromatic heterocycles. The summed E-state index contributed by atoms with van der Waals surface area (Å²) in [4.78, 5) is 38.2. The maximum atomic E-state index is 10.6. The molecular weight excluding hydrogens is 592 g/mol. The smallest absolute Gasteiger partial charge is 0.151 e. The lowest BCUT2D eigenvalue weighted by Gasteiger charge is -2.01. The Morgan fingerprint density at radius 3 is 1.48 bits per heavy atom. The van der Waals surface area contributed by atoms with Gasteiger partial charge in [0.1, 0.15) is 0 Å². The predicted molar refractivity (Wildman–Crippen MR) is 197 cm³/mol. The number of aldehydes is 2. The topological polar surface area (TPSA) is 85.7 Å². The molecule has 4 aromatic carbocycles. The number of hydrogen-bond donors (Lipinski definition) is 0. The van der Waals surface area contributed by atoms with Crippen molar-refractivity contribution in [1.29, 1.82) is 0 Å². The Morgan fingerprint density at radius 2 is 0.917 bits per heavy atom. The highest BCUT2D eigenvalue weighted by Gasteiger charge is 2.01. The van der Waals surface area contributed by atoms with Crippen LogP contribution in [0.4, 0.5) is 0 Å². The van der Waals surface area contributed by atoms with Crippen molar-refractivity contribution in [3.8, 4) is 0 Å². The summed E-state index contributed by atoms with van der Waals surface area (Å²) >= 11 is 0. The Hall–Kier alpha value is -6.14. The molecule has 0 aliphatic carbocycles. The van der Waals surface area contributed by atoms with Gasteiger partial charge in [0.15, 0.2) is 12.6 Å². The molecule has 236 valence electrons. The summed E-state index contributed by atoms with van der Waals surface area (Å²) in [5, 5.41) is 4.45. The molecule has 0 aliphatic heterocycles. The number of benzene rings is 4. The largest absolute Gasteiger partial charge is 0.298 e. The third-order valence-corrected chi connectivity index (χ3v) is 7.72. The molecule has 0 saturated heterocycles. The van der Waals surface area contributed by atoms with E-state index >= 15 is 0 Å². The quantitative estimate of drug-likeness (QED) is 0.177. The Kier molecular flexibility index (Phi) is 11.0. The van der Waals surface area contributed by atoms with E-state index in [2.05, 4.69) is 58.0 Å². The first-order valence-corrected chi connectivity index (χ1v) is 15.6. The standard InChI is InChI=1S/C11H9NO.C11H11N.C10H7NO.C10H9N/c1-8-10(7-13)6-9-4-2-3-5-11(9)12-8;1-8-7-10-5-3-4-6-11(10)12-9(8)2;12-7-8-5-9-3-1-2-4-10(9)11-6-8;1-8-6-9-4-2-3-5-10(9)11-7-8/h2-7H,1H3;3-7H,1-2H3;1-7H;2-7H,1H3. The second kappa shape index (κ2) is 15.9. The molecule has 0 bridgehead atoms. The number of pyridine rings is 4. The van der Waals surface area contributed by atoms with Crippen LogP contribution in [0.3, 0.4) is 0 Å². The molecule has 0 aliphatic rings. The summed E-state index contributed by atoms with van der Waals surface area (Å²) in [6.07, 6.45) is 5.12. The number of rotatable bonds is 2. The Bertz CT molecular complexity index is 2310. The molecular formula is C42H36N4O2. The molecule has 0 fully saturated rings. The minimum absolute atomic E-state index is 0.619. The average Bonchev–Trinajstić information content (AvgIpc) is 3.12. The minimum Gasteiger partial charge on any atom is -0.298 e. The molecule has 8 rings (SSSR count). The van der Waals surface area contributed by atoms with Gasteiger partial charge in [0.05, 0.1) is 22.1 Å². The molecule has 6 nitrogen and oxygen atoms in total. The monoisotopic (exact) mass is 628 g/mol. The van der Waals surface area contributed by atoms with Crippen molar-refractivity contribution in [3.63, 3.8) is 0 Å². The van der Waals surface area contributed by atoms with Crippen molar-refractivity contribution < 1.29 is 9.59 Å². The van der Waals surface area contributed by atoms with Crippen LogP contribution in [-0.2, 0) is 0 Å². The van der Waals surface area contributed by atoms with Crippen LogP contribution in [0.25, 0.3) is 43.6 Å². The number of carbonyl (C=O) groups is 2. The molecule has 8 aromatic rings. The fraction of sp³-hybridized carbons (Fsp3) is 0.0952. The SMILES string of the molecule is Cc1cc2ccccc2nc1C.Cc1cnc2ccccc2c1.Cc1nc2ccccc2cc1C=O.O=Cc1cnc2ccccc2c1. The van der Waals surface area contributed by atoms with E-state index < -0.39 is 0 Å². The van der Waals surface area contributed by atoms with Crippen molar-refractivity contribution in [2.24, 2.45) is 0 Å². The second-order valence-corrected chi connectivity index (χ2v) is 11.3. The van der Waals surface area contributed by atoms with Crippen molar-refractivity contribution in [2.45, 2.75) is 27.7 Å². The number of nitrogens with zero attached hydrogens (tertiary/aromatic N) is 4. The number of hydrogen-bond acceptors (Lipinski definition) is 6. The zero-order valence-corrected chi connectivity index (χ0v) is 27.5. The van der Waals surface area contributed by atoms with E-state index in [1.54, 1.807) is 6.20 Å². The van der Waals surface area contributed by atoms with Gasteiger partial charge in [-0.2, -0.15) is 0 Å². The van der Waals surface area contributed by atoms with Crippen LogP contribution < -0.4 is 0 Å². The highest BCUT2D eigenvalue weighted by molar-refractivity contribution is 5.87. The van der Waals surface area contributed by atoms with Crippen molar-refractivity contribution in [3.05, 3.63) is 167 Å². The minimum atomic E-state index is 0.619. The zero-order chi connectivity index (χ0) is 33.9. The number of fused-ring (bicyclic) bond motifs is 4. The molecule has 0 N–H and O–H groups in total. The van der Waals surface area contributed by atoms with Gasteiger partial charge in [-0.15, -0.1) is 0 Å². The first kappa shape index (κ1) is 33.2. The van der Waals surface area contributed by atoms with Crippen LogP contribution in [0.15, 0.2) is 134 Å². The summed E-state index contributed by atoms with van der Waals surface area (Å²) in [6, 6.07) is 39.8. The number of aromatic nitrogens is 4. The first-order valence-electron chi connectivity index (χ1n) is 15.6. The third-order valence-electron chi connectivity index (χ3n) is 7.72. The maximum Gasteiger partial charge on any atom is 0.151 e. The fourth-order valence-corrected chi connectivity index (χ4v) is 5.00. The second-order valence-electron chi connectivity index (χ2n) is 11.3. The van der Waals surface area contributed by atoms with Crippen LogP contribution >= 0.6 is 0 Å². The molecule has 0 spiro atoms. The van der Waals surface area contributed by atoms with Gasteiger partial charge in [0.25, 0.3) is 0 Å². The highest BCUT2D eigenvalue weighted by atomic mass is 16.1. The van der Waals surface area contributed by atoms with Crippen LogP contribution in [0.1, 0.15) is 43.2 Å². The summed E-state index contributed by atoms with van der Waals surface area (Å²) in [7, 11) is 0. The van der Waals surface area contributed by atoms with Gasteiger partial charge in [0.2, 0.25) is 0 Å². The molecule has 0 radical (unpaired) electrons. The normalized spacial score (nSPS) is 10.2. The Labute approximate surface area is 280 Å². The molecule has 48 heavy (non-hydrogen) atoms. The van der Waals surface area contributed by atoms with Crippen LogP contribution in [-0.4, -0.2) is 32.5 Å². The lowest BCUT2D eigenvalue weighted by Crippen LogP contribution is -1.91. The van der Waals surface area contributed by atoms with E-state index in [-0.39, 0.29) is 0 Å². The Balaban J connectivity index is 0.000000125. The molecule has 6 heteroatoms. The first-order chi connectivity index (χ1) is 23.3. The third kappa shape index (κ3) is 8.56. The number of aryl methyl sites for hydroxylation is 4. The van der Waals surface area contributed by atoms with E-state index in [1.165, 1.54) is 21.9 Å². The van der Waals surface area contributed by atoms with Crippen molar-refractivity contribution >= 4 is 56.2 Å². The predicted octanol–water partition coefficient (Wildman–Crippen LogP) is 9.80. The van der Waals surface area contributed by atoms with Gasteiger partial charge in [-0.3, -0.25) is 29.5 Å². The molecule has 0 saturated carbocycles. The summed E-state index contributed by atoms with van der Waals surface area (Å²) in [5.41, 5.74) is 9.67. The molecule has 0 unspecified atom stereocenters. The van der Waals surface area contributed by atoms with Crippen LogP contribution in [0.5, 0.6) is 0 Å². The molecule has 0 atom stereocenters. The lowest BCUT2D eigenvalue weighted by molar-refractivity contribution is 0.111. The Morgan fingerprint density at radius 1 is 0.458 bits per heavy atom. The van der Waals surface area contributed by atoms with Crippen molar-refractivity contribution in [2.75, 3.05) is 0 Å². The van der Waals surface area contributed by atoms with Crippen LogP contribution in [0.2, 0.25) is 0 Å². The highest BCUT2D eigenvalue weighted by Crippen LogP contribution is 2.16. The number of carbonyl (C=O) groups excluding carboxylic acids is 2. The maximum absolute atomic E-state index is 10.6. The zero-order valence-electron chi connectivity index (χ0n) is 27.5. The fourth-order valence-electron chi connectivity index (χ4n) is 5.00. The average molecular weight is 629 g/mol. The lowest BCUT2D eigenvalue weighted by atomic mass is 10.1. The summed E-state index contributed by atoms with van der Waals surface area (Å²) < 4.78 is 0. The van der Waals surface area contributed by atoms with E-state index in [0.29, 0.717) is 11.1 Å². The van der Waals surface area contributed by atoms with Gasteiger partial charge < -0.3 is 0 Å². The van der Waals surface area contributed by atoms with Gasteiger partial charge in [0, 0.05) is 56.5 Å². The van der Waals surface area contributed by atoms with Gasteiger partial charge >= 0.3 is 0 Å². The van der Waals surface area contributed by atoms with Crippen molar-refractivity contribution in [1.82, 2.24) is 19.9 Å². The summed E-state index contributed by atoms with van der Waals surface area (Å²) in [5.74, 6) is 0. The molecule has 0 amide bonds. The van der Waals surface area contributed by atoms with E-state index in [1.807, 2.05) is 117 Å². The summed E-state index contributed by atoms with van der Waals surface area (Å²) in [6.45, 7) is 8.03. The van der Waals surface area contributed by atoms with E-state index in [9.17, 15) is 9.59 Å². The van der Waals surface area contributed by atoms with Gasteiger partial charge in [-0.05, 0) is 87.4 Å². The van der Waals surface area contributed by atoms with Gasteiger partial charge in [-0.1, -0.05) is 72.8 Å².